The number of fused-ring (bicyclic) bond motifs is 1. The second kappa shape index (κ2) is 7.78. The van der Waals surface area contributed by atoms with Crippen molar-refractivity contribution in [1.82, 2.24) is 10.2 Å². The molecule has 0 radical (unpaired) electrons. The minimum absolute atomic E-state index is 0.0460. The molecule has 5 nitrogen and oxygen atoms in total. The van der Waals surface area contributed by atoms with Gasteiger partial charge in [-0.05, 0) is 56.8 Å². The Morgan fingerprint density at radius 2 is 1.88 bits per heavy atom. The number of nitrogens with one attached hydrogen (secondary N) is 1. The predicted octanol–water partition coefficient (Wildman–Crippen LogP) is 2.42. The van der Waals surface area contributed by atoms with E-state index < -0.39 is 0 Å². The Labute approximate surface area is 155 Å². The Morgan fingerprint density at radius 3 is 2.73 bits per heavy atom. The van der Waals surface area contributed by atoms with Gasteiger partial charge < -0.3 is 15.1 Å². The number of carbonyl (C=O) groups is 2. The molecule has 1 N–H and O–H groups in total. The van der Waals surface area contributed by atoms with Crippen molar-refractivity contribution in [3.05, 3.63) is 30.3 Å². The highest BCUT2D eigenvalue weighted by Crippen LogP contribution is 2.31. The van der Waals surface area contributed by atoms with Crippen molar-refractivity contribution >= 4 is 17.5 Å². The summed E-state index contributed by atoms with van der Waals surface area (Å²) in [7, 11) is 0. The van der Waals surface area contributed by atoms with Gasteiger partial charge in [-0.2, -0.15) is 0 Å². The Morgan fingerprint density at radius 1 is 1.08 bits per heavy atom. The van der Waals surface area contributed by atoms with Gasteiger partial charge in [-0.15, -0.1) is 0 Å². The van der Waals surface area contributed by atoms with Crippen LogP contribution in [0, 0.1) is 11.8 Å². The van der Waals surface area contributed by atoms with Gasteiger partial charge in [0.25, 0.3) is 0 Å². The van der Waals surface area contributed by atoms with E-state index in [9.17, 15) is 9.59 Å². The molecule has 0 aromatic heterocycles. The van der Waals surface area contributed by atoms with Crippen LogP contribution in [-0.2, 0) is 9.59 Å². The summed E-state index contributed by atoms with van der Waals surface area (Å²) >= 11 is 0. The lowest BCUT2D eigenvalue weighted by Gasteiger charge is -2.44. The number of rotatable bonds is 4. The minimum Gasteiger partial charge on any atom is -0.355 e. The Hall–Kier alpha value is -1.88. The molecule has 1 aromatic carbocycles. The maximum Gasteiger partial charge on any atom is 0.227 e. The van der Waals surface area contributed by atoms with Crippen LogP contribution in [0.15, 0.2) is 30.3 Å². The summed E-state index contributed by atoms with van der Waals surface area (Å²) in [6.07, 6.45) is 6.66. The number of nitrogens with zero attached hydrogens (tertiary/aromatic N) is 2. The van der Waals surface area contributed by atoms with E-state index in [0.29, 0.717) is 24.9 Å². The molecular formula is C21H29N3O2. The molecule has 3 fully saturated rings. The molecule has 2 amide bonds. The van der Waals surface area contributed by atoms with Crippen molar-refractivity contribution in [1.29, 1.82) is 0 Å². The lowest BCUT2D eigenvalue weighted by Crippen LogP contribution is -2.51. The minimum atomic E-state index is -0.228. The van der Waals surface area contributed by atoms with Crippen molar-refractivity contribution in [2.24, 2.45) is 11.8 Å². The molecule has 3 saturated heterocycles. The van der Waals surface area contributed by atoms with Crippen LogP contribution in [0.25, 0.3) is 0 Å². The topological polar surface area (TPSA) is 52.7 Å². The molecule has 0 spiro atoms. The lowest BCUT2D eigenvalue weighted by molar-refractivity contribution is -0.126. The first-order valence-corrected chi connectivity index (χ1v) is 10.1. The van der Waals surface area contributed by atoms with Crippen LogP contribution in [0.5, 0.6) is 0 Å². The highest BCUT2D eigenvalue weighted by Gasteiger charge is 2.37. The Kier molecular flexibility index (Phi) is 5.25. The number of benzene rings is 1. The Bertz CT molecular complexity index is 646. The summed E-state index contributed by atoms with van der Waals surface area (Å²) in [6, 6.07) is 10.3. The molecule has 0 aliphatic carbocycles. The summed E-state index contributed by atoms with van der Waals surface area (Å²) in [5.74, 6) is 0.432. The SMILES string of the molecule is O=C(NC[C@@H]1CCCN2CCCC[C@@H]12)[C@@H]1CC(=O)N(c2ccccc2)C1. The number of hydrogen-bond acceptors (Lipinski definition) is 3. The van der Waals surface area contributed by atoms with E-state index in [0.717, 1.165) is 12.2 Å². The summed E-state index contributed by atoms with van der Waals surface area (Å²) in [4.78, 5) is 29.4. The van der Waals surface area contributed by atoms with Crippen LogP contribution in [0.4, 0.5) is 5.69 Å². The Balaban J connectivity index is 1.32. The number of carbonyl (C=O) groups excluding carboxylic acids is 2. The monoisotopic (exact) mass is 355 g/mol. The molecule has 3 atom stereocenters. The quantitative estimate of drug-likeness (QED) is 0.902. The molecule has 140 valence electrons. The maximum atomic E-state index is 12.7. The van der Waals surface area contributed by atoms with Gasteiger partial charge in [0.05, 0.1) is 5.92 Å². The van der Waals surface area contributed by atoms with Crippen molar-refractivity contribution in [2.75, 3.05) is 31.1 Å². The van der Waals surface area contributed by atoms with E-state index in [4.69, 9.17) is 0 Å². The van der Waals surface area contributed by atoms with Gasteiger partial charge >= 0.3 is 0 Å². The first-order valence-electron chi connectivity index (χ1n) is 10.1. The van der Waals surface area contributed by atoms with Crippen molar-refractivity contribution in [3.8, 4) is 0 Å². The van der Waals surface area contributed by atoms with Gasteiger partial charge in [-0.3, -0.25) is 9.59 Å². The molecule has 0 unspecified atom stereocenters. The van der Waals surface area contributed by atoms with Gasteiger partial charge in [-0.1, -0.05) is 24.6 Å². The molecular weight excluding hydrogens is 326 g/mol. The van der Waals surface area contributed by atoms with E-state index in [1.54, 1.807) is 4.90 Å². The molecule has 3 aliphatic heterocycles. The normalized spacial score (nSPS) is 29.5. The molecule has 1 aromatic rings. The molecule has 5 heteroatoms. The first kappa shape index (κ1) is 17.5. The fourth-order valence-corrected chi connectivity index (χ4v) is 4.93. The fourth-order valence-electron chi connectivity index (χ4n) is 4.93. The zero-order chi connectivity index (χ0) is 17.9. The molecule has 0 bridgehead atoms. The summed E-state index contributed by atoms with van der Waals surface area (Å²) in [5, 5.41) is 3.18. The van der Waals surface area contributed by atoms with E-state index >= 15 is 0 Å². The second-order valence-electron chi connectivity index (χ2n) is 7.99. The van der Waals surface area contributed by atoms with Crippen LogP contribution in [-0.4, -0.2) is 48.9 Å². The third-order valence-corrected chi connectivity index (χ3v) is 6.33. The average Bonchev–Trinajstić information content (AvgIpc) is 3.08. The first-order chi connectivity index (χ1) is 12.7. The van der Waals surface area contributed by atoms with Crippen LogP contribution in [0.2, 0.25) is 0 Å². The highest BCUT2D eigenvalue weighted by atomic mass is 16.2. The van der Waals surface area contributed by atoms with Gasteiger partial charge in [0.1, 0.15) is 0 Å². The predicted molar refractivity (Wildman–Crippen MR) is 102 cm³/mol. The zero-order valence-corrected chi connectivity index (χ0v) is 15.4. The van der Waals surface area contributed by atoms with E-state index in [1.807, 2.05) is 30.3 Å². The van der Waals surface area contributed by atoms with E-state index in [-0.39, 0.29) is 17.7 Å². The molecule has 3 aliphatic rings. The van der Waals surface area contributed by atoms with Crippen molar-refractivity contribution in [2.45, 2.75) is 44.6 Å². The summed E-state index contributed by atoms with van der Waals surface area (Å²) < 4.78 is 0. The average molecular weight is 355 g/mol. The van der Waals surface area contributed by atoms with Crippen LogP contribution in [0.3, 0.4) is 0 Å². The fraction of sp³-hybridized carbons (Fsp3) is 0.619. The van der Waals surface area contributed by atoms with Crippen molar-refractivity contribution in [3.63, 3.8) is 0 Å². The molecule has 3 heterocycles. The summed E-state index contributed by atoms with van der Waals surface area (Å²) in [6.45, 7) is 3.70. The third-order valence-electron chi connectivity index (χ3n) is 6.33. The zero-order valence-electron chi connectivity index (χ0n) is 15.4. The third kappa shape index (κ3) is 3.63. The summed E-state index contributed by atoms with van der Waals surface area (Å²) in [5.41, 5.74) is 0.887. The second-order valence-corrected chi connectivity index (χ2v) is 7.99. The van der Waals surface area contributed by atoms with Gasteiger partial charge in [-0.25, -0.2) is 0 Å². The number of hydrogen-bond donors (Lipinski definition) is 1. The maximum absolute atomic E-state index is 12.7. The number of para-hydroxylation sites is 1. The number of piperidine rings is 2. The highest BCUT2D eigenvalue weighted by molar-refractivity contribution is 6.00. The number of amides is 2. The number of anilines is 1. The lowest BCUT2D eigenvalue weighted by atomic mass is 9.83. The standard InChI is InChI=1S/C21H29N3O2/c25-20-13-17(15-24(20)18-8-2-1-3-9-18)21(26)22-14-16-7-6-12-23-11-5-4-10-19(16)23/h1-3,8-9,16-17,19H,4-7,10-15H2,(H,22,26)/t16-,17+,19-/m0/s1. The molecule has 0 saturated carbocycles. The molecule has 4 rings (SSSR count). The van der Waals surface area contributed by atoms with E-state index in [2.05, 4.69) is 10.2 Å². The van der Waals surface area contributed by atoms with Crippen molar-refractivity contribution < 1.29 is 9.59 Å². The van der Waals surface area contributed by atoms with Crippen LogP contribution >= 0.6 is 0 Å². The van der Waals surface area contributed by atoms with Gasteiger partial charge in [0.2, 0.25) is 11.8 Å². The van der Waals surface area contributed by atoms with Gasteiger partial charge in [0.15, 0.2) is 0 Å². The largest absolute Gasteiger partial charge is 0.355 e. The van der Waals surface area contributed by atoms with Crippen LogP contribution < -0.4 is 10.2 Å². The smallest absolute Gasteiger partial charge is 0.227 e. The molecule has 26 heavy (non-hydrogen) atoms. The van der Waals surface area contributed by atoms with Crippen LogP contribution in [0.1, 0.15) is 38.5 Å². The van der Waals surface area contributed by atoms with E-state index in [1.165, 1.54) is 45.2 Å². The van der Waals surface area contributed by atoms with Gasteiger partial charge in [0, 0.05) is 31.2 Å².